The smallest absolute Gasteiger partial charge is 0.258 e. The Morgan fingerprint density at radius 3 is 1.22 bits per heavy atom. The Labute approximate surface area is 761 Å². The number of hydrogen-bond acceptors (Lipinski definition) is 28. The molecule has 0 saturated heterocycles. The van der Waals surface area contributed by atoms with Crippen LogP contribution in [0.3, 0.4) is 0 Å². The van der Waals surface area contributed by atoms with Crippen molar-refractivity contribution in [2.24, 2.45) is 5.92 Å². The summed E-state index contributed by atoms with van der Waals surface area (Å²) in [6, 6.07) is 71.5. The standard InChI is InChI=1S/C20H19N3O3.C20H15N3O.C19H13N3O2.C17H17N3O3.C15H19N3O.C12H13N3O/c1-3-24-17-9-8-13(12-18(17)25-4-2)20-22-19(23-26-20)15-6-5-7-16-14(15)10-11-21-16;1-14-11-17(15-5-3-2-4-6-15)13-18(12-14)20-22-19(23-24-20)16-7-9-21-10-8-16;1-2-6-16(7-3-1)23-17-8-4-5-15(13-17)19-21-18(22-24-19)14-9-11-20-12-10-14;1-3-21-14-9-13(10-15(11-14)22-4-2)17-19-16(20-23-17)12-5-7-18-8-6-12;1-2-11-3-5-13(6-4-11)15-17-14(18-19-15)12-7-9-16-10-8-12;1-2-4-10(3-1)12-14-11(15-16-12)9-5-7-13-8-6-9/h5-12,21H,3-4H2,1-2H3;2-13H,1H3;1-13H;5-11H,3-4H2,1-2H3;7-11,13H,2-6H2,1H3;5-8,10H,1-4H2. The minimum atomic E-state index is 0.416. The molecule has 2 saturated carbocycles. The van der Waals surface area contributed by atoms with Gasteiger partial charge in [-0.25, -0.2) is 0 Å². The maximum Gasteiger partial charge on any atom is 0.258 e. The van der Waals surface area contributed by atoms with Crippen LogP contribution in [0.2, 0.25) is 0 Å². The van der Waals surface area contributed by atoms with Crippen LogP contribution in [0.5, 0.6) is 34.5 Å². The van der Waals surface area contributed by atoms with Crippen LogP contribution >= 0.6 is 0 Å². The third-order valence-corrected chi connectivity index (χ3v) is 21.6. The number of H-pyrrole nitrogens is 1. The largest absolute Gasteiger partial charge is 0.494 e. The molecule has 2 aliphatic rings. The average molecular weight is 1760 g/mol. The summed E-state index contributed by atoms with van der Waals surface area (Å²) in [5, 5.41) is 25.4. The van der Waals surface area contributed by atoms with E-state index in [0.717, 1.165) is 107 Å². The van der Waals surface area contributed by atoms with Crippen molar-refractivity contribution in [2.75, 3.05) is 26.4 Å². The Kier molecular flexibility index (Phi) is 30.3. The molecule has 21 rings (SSSR count). The van der Waals surface area contributed by atoms with Gasteiger partial charge in [0, 0.05) is 153 Å². The van der Waals surface area contributed by atoms with Crippen LogP contribution in [0.25, 0.3) is 136 Å². The fourth-order valence-electron chi connectivity index (χ4n) is 15.0. The Balaban J connectivity index is 0.000000116. The summed E-state index contributed by atoms with van der Waals surface area (Å²) in [7, 11) is 0. The van der Waals surface area contributed by atoms with Crippen LogP contribution in [-0.2, 0) is 0 Å². The number of fused-ring (bicyclic) bond motifs is 1. The lowest BCUT2D eigenvalue weighted by Crippen LogP contribution is -2.12. The molecule has 0 amide bonds. The molecular formula is C103H96N18O11. The van der Waals surface area contributed by atoms with Crippen LogP contribution in [0, 0.1) is 12.8 Å². The third kappa shape index (κ3) is 23.5. The number of hydrogen-bond donors (Lipinski definition) is 1. The van der Waals surface area contributed by atoms with Crippen molar-refractivity contribution in [1.82, 2.24) is 90.7 Å². The number of nitrogens with one attached hydrogen (secondary N) is 1. The van der Waals surface area contributed by atoms with Crippen molar-refractivity contribution in [3.05, 3.63) is 310 Å². The number of ether oxygens (including phenoxy) is 5. The molecule has 12 aromatic heterocycles. The predicted molar refractivity (Wildman–Crippen MR) is 499 cm³/mol. The molecule has 132 heavy (non-hydrogen) atoms. The highest BCUT2D eigenvalue weighted by atomic mass is 16.5. The van der Waals surface area contributed by atoms with E-state index in [9.17, 15) is 0 Å². The predicted octanol–water partition coefficient (Wildman–Crippen LogP) is 24.2. The lowest BCUT2D eigenvalue weighted by Gasteiger charge is -2.25. The van der Waals surface area contributed by atoms with Gasteiger partial charge in [-0.3, -0.25) is 24.9 Å². The molecule has 1 N–H and O–H groups in total. The molecular weight excluding hydrogens is 1670 g/mol. The fraction of sp³-hybridized carbons (Fsp3) is 0.214. The van der Waals surface area contributed by atoms with E-state index in [4.69, 9.17) is 50.8 Å². The second-order valence-corrected chi connectivity index (χ2v) is 30.6. The normalized spacial score (nSPS) is 13.3. The Morgan fingerprint density at radius 2 is 0.712 bits per heavy atom. The van der Waals surface area contributed by atoms with Gasteiger partial charge >= 0.3 is 0 Å². The van der Waals surface area contributed by atoms with Crippen molar-refractivity contribution >= 4 is 10.9 Å². The number of nitrogens with zero attached hydrogens (tertiary/aromatic N) is 17. The molecule has 7 aromatic carbocycles. The third-order valence-electron chi connectivity index (χ3n) is 21.6. The van der Waals surface area contributed by atoms with Gasteiger partial charge in [-0.2, -0.15) is 29.9 Å². The highest BCUT2D eigenvalue weighted by molar-refractivity contribution is 5.93. The minimum absolute atomic E-state index is 0.416. The summed E-state index contributed by atoms with van der Waals surface area (Å²) in [6.07, 6.45) is 30.2. The van der Waals surface area contributed by atoms with Crippen LogP contribution in [0.1, 0.15) is 122 Å². The molecule has 29 heteroatoms. The minimum Gasteiger partial charge on any atom is -0.494 e. The van der Waals surface area contributed by atoms with Gasteiger partial charge in [-0.1, -0.05) is 130 Å². The maximum atomic E-state index is 5.83. The van der Waals surface area contributed by atoms with Crippen molar-refractivity contribution in [3.63, 3.8) is 0 Å². The number of aromatic nitrogens is 18. The first-order chi connectivity index (χ1) is 65.1. The van der Waals surface area contributed by atoms with Crippen molar-refractivity contribution < 1.29 is 50.8 Å². The number of pyridine rings is 5. The zero-order valence-corrected chi connectivity index (χ0v) is 73.7. The SMILES string of the molecule is CCC1CCC(c2nc(-c3ccncc3)no2)CC1.CCOc1cc(OCC)cc(-c2nc(-c3ccncc3)no2)c1.CCOc1ccc(-c2nc(-c3cccc4[nH]ccc34)no2)cc1OCC.Cc1cc(-c2ccccc2)cc(-c2nc(-c3ccncc3)no2)c1.c1cc(-c2noc(C3CCCC3)n2)ccn1.c1ccc(Oc2cccc(-c3nc(-c4ccncc4)no3)c2)cc1. The molecule has 0 unspecified atom stereocenters. The van der Waals surface area contributed by atoms with Gasteiger partial charge in [-0.05, 0) is 241 Å². The van der Waals surface area contributed by atoms with Crippen LogP contribution < -0.4 is 23.7 Å². The maximum absolute atomic E-state index is 5.83. The van der Waals surface area contributed by atoms with E-state index in [2.05, 4.69) is 135 Å². The van der Waals surface area contributed by atoms with Crippen molar-refractivity contribution in [1.29, 1.82) is 0 Å². The van der Waals surface area contributed by atoms with Gasteiger partial charge < -0.3 is 55.8 Å². The second kappa shape index (κ2) is 44.9. The van der Waals surface area contributed by atoms with E-state index in [-0.39, 0.29) is 0 Å². The average Bonchev–Trinajstić information content (AvgIpc) is 1.65. The highest BCUT2D eigenvalue weighted by Gasteiger charge is 2.28. The Hall–Kier alpha value is -16.3. The first kappa shape index (κ1) is 89.1. The van der Waals surface area contributed by atoms with Gasteiger partial charge in [0.05, 0.1) is 26.4 Å². The molecule has 0 atom stereocenters. The van der Waals surface area contributed by atoms with Gasteiger partial charge in [0.1, 0.15) is 23.0 Å². The molecule has 0 bridgehead atoms. The Bertz CT molecular complexity index is 6720. The molecule has 0 spiro atoms. The molecule has 12 heterocycles. The van der Waals surface area contributed by atoms with Gasteiger partial charge in [0.25, 0.3) is 23.6 Å². The van der Waals surface area contributed by atoms with E-state index < -0.39 is 0 Å². The molecule has 2 aliphatic carbocycles. The number of aromatic amines is 1. The van der Waals surface area contributed by atoms with Crippen molar-refractivity contribution in [3.8, 4) is 160 Å². The first-order valence-electron chi connectivity index (χ1n) is 44.0. The summed E-state index contributed by atoms with van der Waals surface area (Å²) in [6.45, 7) is 14.3. The van der Waals surface area contributed by atoms with E-state index in [1.54, 1.807) is 62.0 Å². The van der Waals surface area contributed by atoms with Gasteiger partial charge in [0.2, 0.25) is 46.7 Å². The monoisotopic (exact) mass is 1760 g/mol. The molecule has 664 valence electrons. The topological polar surface area (TPSA) is 360 Å². The molecule has 2 fully saturated rings. The highest BCUT2D eigenvalue weighted by Crippen LogP contribution is 2.40. The molecule has 0 radical (unpaired) electrons. The van der Waals surface area contributed by atoms with Gasteiger partial charge in [-0.15, -0.1) is 0 Å². The second-order valence-electron chi connectivity index (χ2n) is 30.6. The first-order valence-corrected chi connectivity index (χ1v) is 44.0. The number of para-hydroxylation sites is 1. The van der Waals surface area contributed by atoms with Gasteiger partial charge in [0.15, 0.2) is 11.5 Å². The summed E-state index contributed by atoms with van der Waals surface area (Å²) in [4.78, 5) is 50.1. The number of benzene rings is 7. The molecule has 29 nitrogen and oxygen atoms in total. The summed E-state index contributed by atoms with van der Waals surface area (Å²) in [5.74, 6) is 13.0. The lowest BCUT2D eigenvalue weighted by atomic mass is 9.81. The number of aryl methyl sites for hydroxylation is 1. The van der Waals surface area contributed by atoms with Crippen LogP contribution in [0.15, 0.2) is 320 Å². The van der Waals surface area contributed by atoms with E-state index >= 15 is 0 Å². The quantitative estimate of drug-likeness (QED) is 0.0587. The van der Waals surface area contributed by atoms with Crippen LogP contribution in [-0.4, -0.2) is 117 Å². The number of rotatable bonds is 24. The fourth-order valence-corrected chi connectivity index (χ4v) is 15.0. The summed E-state index contributed by atoms with van der Waals surface area (Å²) >= 11 is 0. The zero-order chi connectivity index (χ0) is 90.4. The van der Waals surface area contributed by atoms with E-state index in [0.29, 0.717) is 126 Å². The van der Waals surface area contributed by atoms with Crippen LogP contribution in [0.4, 0.5) is 0 Å². The zero-order valence-electron chi connectivity index (χ0n) is 73.7. The van der Waals surface area contributed by atoms with E-state index in [1.807, 2.05) is 228 Å². The Morgan fingerprint density at radius 1 is 0.303 bits per heavy atom. The molecule has 19 aromatic rings. The van der Waals surface area contributed by atoms with Crippen molar-refractivity contribution in [2.45, 2.75) is 111 Å². The summed E-state index contributed by atoms with van der Waals surface area (Å²) < 4.78 is 60.7. The molecule has 0 aliphatic heterocycles. The lowest BCUT2D eigenvalue weighted by molar-refractivity contribution is 0.267. The van der Waals surface area contributed by atoms with E-state index in [1.165, 1.54) is 57.8 Å². The summed E-state index contributed by atoms with van der Waals surface area (Å²) in [5.41, 5.74) is 13.2.